The summed E-state index contributed by atoms with van der Waals surface area (Å²) in [7, 11) is -6.22. The molecular formula is C17H39N2NaO7S2. The maximum atomic E-state index is 11.7. The van der Waals surface area contributed by atoms with E-state index in [0.29, 0.717) is 6.42 Å². The first-order valence-corrected chi connectivity index (χ1v) is 13.0. The van der Waals surface area contributed by atoms with Crippen LogP contribution in [0.1, 0.15) is 71.1 Å². The number of carbonyl (C=O) groups excluding carboxylic acids is 1. The van der Waals surface area contributed by atoms with Crippen molar-refractivity contribution in [3.8, 4) is 0 Å². The second-order valence-corrected chi connectivity index (χ2v) is 9.90. The number of rotatable bonds is 15. The van der Waals surface area contributed by atoms with Gasteiger partial charge in [-0.3, -0.25) is 13.9 Å². The van der Waals surface area contributed by atoms with Crippen LogP contribution in [0.5, 0.6) is 0 Å². The zero-order chi connectivity index (χ0) is 22.1. The molecule has 0 aromatic carbocycles. The molecule has 0 fully saturated rings. The average Bonchev–Trinajstić information content (AvgIpc) is 2.56. The molecule has 0 atom stereocenters. The van der Waals surface area contributed by atoms with E-state index >= 15 is 0 Å². The Balaban J connectivity index is -0.000000721. The molecule has 29 heavy (non-hydrogen) atoms. The van der Waals surface area contributed by atoms with Crippen LogP contribution in [-0.4, -0.2) is 97.9 Å². The number of unbranched alkanes of at least 4 members (excludes halogenated alkanes) is 8. The van der Waals surface area contributed by atoms with Gasteiger partial charge >= 0.3 is 29.6 Å². The molecule has 0 saturated carbocycles. The number of amides is 1. The second-order valence-electron chi connectivity index (χ2n) is 6.75. The molecule has 0 aromatic rings. The van der Waals surface area contributed by atoms with E-state index in [-0.39, 0.29) is 54.3 Å². The fraction of sp³-hybridized carbons (Fsp3) is 0.941. The van der Waals surface area contributed by atoms with Gasteiger partial charge in [-0.1, -0.05) is 58.3 Å². The fourth-order valence-electron chi connectivity index (χ4n) is 2.30. The van der Waals surface area contributed by atoms with Crippen molar-refractivity contribution in [1.29, 1.82) is 0 Å². The Morgan fingerprint density at radius 2 is 1.24 bits per heavy atom. The normalized spacial score (nSPS) is 11.2. The Morgan fingerprint density at radius 1 is 0.828 bits per heavy atom. The monoisotopic (exact) mass is 470 g/mol. The topological polar surface area (TPSA) is 155 Å². The molecule has 9 nitrogen and oxygen atoms in total. The Labute approximate surface area is 199 Å². The molecule has 0 aliphatic carbocycles. The summed E-state index contributed by atoms with van der Waals surface area (Å²) in [6, 6.07) is 0. The summed E-state index contributed by atoms with van der Waals surface area (Å²) in [5.74, 6) is -0.804. The van der Waals surface area contributed by atoms with Gasteiger partial charge in [-0.15, -0.1) is 0 Å². The molecule has 0 aliphatic heterocycles. The third-order valence-corrected chi connectivity index (χ3v) is 5.43. The molecule has 0 bridgehead atoms. The summed E-state index contributed by atoms with van der Waals surface area (Å²) >= 11 is 0. The van der Waals surface area contributed by atoms with Gasteiger partial charge in [0.05, 0.1) is 11.5 Å². The van der Waals surface area contributed by atoms with Gasteiger partial charge in [0.25, 0.3) is 20.2 Å². The molecule has 0 radical (unpaired) electrons. The first-order chi connectivity index (χ1) is 12.9. The minimum atomic E-state index is -3.99. The maximum absolute atomic E-state index is 11.7. The number of hydrogen-bond donors (Lipinski definition) is 3. The molecule has 12 heteroatoms. The van der Waals surface area contributed by atoms with E-state index in [2.05, 4.69) is 6.92 Å². The van der Waals surface area contributed by atoms with Crippen molar-refractivity contribution in [1.82, 2.24) is 4.90 Å². The van der Waals surface area contributed by atoms with Gasteiger partial charge in [0.15, 0.2) is 0 Å². The molecule has 0 aliphatic rings. The van der Waals surface area contributed by atoms with Crippen molar-refractivity contribution in [2.45, 2.75) is 71.1 Å². The Bertz CT molecular complexity index is 599. The molecule has 4 N–H and O–H groups in total. The Morgan fingerprint density at radius 3 is 1.59 bits per heavy atom. The molecule has 0 rings (SSSR count). The molecule has 0 unspecified atom stereocenters. The van der Waals surface area contributed by atoms with Crippen molar-refractivity contribution in [2.24, 2.45) is 5.73 Å². The predicted molar refractivity (Wildman–Crippen MR) is 119 cm³/mol. The van der Waals surface area contributed by atoms with Gasteiger partial charge in [0, 0.05) is 26.6 Å². The van der Waals surface area contributed by atoms with Crippen molar-refractivity contribution < 1.29 is 30.7 Å². The summed E-state index contributed by atoms with van der Waals surface area (Å²) in [6.45, 7) is 2.23. The van der Waals surface area contributed by atoms with Crippen LogP contribution in [0.15, 0.2) is 0 Å². The van der Waals surface area contributed by atoms with Crippen molar-refractivity contribution in [2.75, 3.05) is 31.6 Å². The molecule has 172 valence electrons. The average molecular weight is 471 g/mol. The number of nitrogens with two attached hydrogens (primary N) is 1. The molecular weight excluding hydrogens is 431 g/mol. The van der Waals surface area contributed by atoms with Crippen LogP contribution in [0.2, 0.25) is 0 Å². The van der Waals surface area contributed by atoms with E-state index in [4.69, 9.17) is 14.8 Å². The van der Waals surface area contributed by atoms with Gasteiger partial charge in [-0.2, -0.15) is 16.8 Å². The van der Waals surface area contributed by atoms with E-state index in [1.165, 1.54) is 43.4 Å². The molecule has 1 amide bonds. The molecule has 0 spiro atoms. The first kappa shape index (κ1) is 33.9. The van der Waals surface area contributed by atoms with Crippen LogP contribution in [0.25, 0.3) is 0 Å². The van der Waals surface area contributed by atoms with E-state index in [9.17, 15) is 21.6 Å². The summed E-state index contributed by atoms with van der Waals surface area (Å²) in [5, 5.41) is 0. The Hall–Kier alpha value is 0.250. The third kappa shape index (κ3) is 30.5. The summed E-state index contributed by atoms with van der Waals surface area (Å²) in [5.41, 5.74) is 4.78. The van der Waals surface area contributed by atoms with Crippen LogP contribution in [0, 0.1) is 0 Å². The SMILES string of the molecule is CCCCCCCCCCCC(=O)N(C)CCS(=O)(=O)O.NCCS(=O)(=O)O.[NaH]. The van der Waals surface area contributed by atoms with E-state index < -0.39 is 26.0 Å². The van der Waals surface area contributed by atoms with Crippen molar-refractivity contribution in [3.63, 3.8) is 0 Å². The van der Waals surface area contributed by atoms with Gasteiger partial charge in [0.2, 0.25) is 5.91 Å². The van der Waals surface area contributed by atoms with Gasteiger partial charge in [-0.25, -0.2) is 0 Å². The van der Waals surface area contributed by atoms with E-state index in [0.717, 1.165) is 19.3 Å². The van der Waals surface area contributed by atoms with Gasteiger partial charge < -0.3 is 10.6 Å². The predicted octanol–water partition coefficient (Wildman–Crippen LogP) is 1.44. The zero-order valence-electron chi connectivity index (χ0n) is 17.2. The Kier molecular flexibility index (Phi) is 23.6. The molecule has 0 aromatic heterocycles. The first-order valence-electron chi connectivity index (χ1n) is 9.77. The number of hydrogen-bond acceptors (Lipinski definition) is 6. The van der Waals surface area contributed by atoms with Crippen molar-refractivity contribution >= 4 is 55.7 Å². The third-order valence-electron chi connectivity index (χ3n) is 3.98. The summed E-state index contributed by atoms with van der Waals surface area (Å²) in [6.07, 6.45) is 11.3. The fourth-order valence-corrected chi connectivity index (χ4v) is 3.11. The second kappa shape index (κ2) is 20.2. The minimum absolute atomic E-state index is 0. The van der Waals surface area contributed by atoms with Crippen LogP contribution in [-0.2, 0) is 25.0 Å². The van der Waals surface area contributed by atoms with Gasteiger partial charge in [-0.05, 0) is 6.42 Å². The number of carbonyl (C=O) groups is 1. The van der Waals surface area contributed by atoms with E-state index in [1.807, 2.05) is 0 Å². The van der Waals surface area contributed by atoms with Crippen LogP contribution in [0.3, 0.4) is 0 Å². The molecule has 0 saturated heterocycles. The summed E-state index contributed by atoms with van der Waals surface area (Å²) < 4.78 is 57.2. The standard InChI is InChI=1S/C15H31NO4S.C2H7NO3S.Na.H/c1-3-4-5-6-7-8-9-10-11-12-15(17)16(2)13-14-21(18,19)20;3-1-2-7(4,5)6;;/h3-14H2,1-2H3,(H,18,19,20);1-3H2,(H,4,5,6);;. The quantitative estimate of drug-likeness (QED) is 0.184. The van der Waals surface area contributed by atoms with Crippen LogP contribution in [0.4, 0.5) is 0 Å². The van der Waals surface area contributed by atoms with E-state index in [1.54, 1.807) is 7.05 Å². The van der Waals surface area contributed by atoms with Crippen LogP contribution < -0.4 is 5.73 Å². The number of nitrogens with zero attached hydrogens (tertiary/aromatic N) is 1. The zero-order valence-corrected chi connectivity index (χ0v) is 18.8. The summed E-state index contributed by atoms with van der Waals surface area (Å²) in [4.78, 5) is 13.1. The van der Waals surface area contributed by atoms with Crippen LogP contribution >= 0.6 is 0 Å². The van der Waals surface area contributed by atoms with Gasteiger partial charge in [0.1, 0.15) is 0 Å². The molecule has 0 heterocycles. The van der Waals surface area contributed by atoms with Crippen molar-refractivity contribution in [3.05, 3.63) is 0 Å².